The third-order valence-electron chi connectivity index (χ3n) is 3.57. The van der Waals surface area contributed by atoms with E-state index in [1.54, 1.807) is 4.90 Å². The van der Waals surface area contributed by atoms with E-state index in [1.807, 2.05) is 45.0 Å². The van der Waals surface area contributed by atoms with Crippen LogP contribution in [0.2, 0.25) is 0 Å². The van der Waals surface area contributed by atoms with E-state index in [0.717, 1.165) is 11.5 Å². The summed E-state index contributed by atoms with van der Waals surface area (Å²) in [6.45, 7) is 8.17. The van der Waals surface area contributed by atoms with Gasteiger partial charge in [0.25, 0.3) is 0 Å². The van der Waals surface area contributed by atoms with Crippen LogP contribution in [-0.2, 0) is 4.79 Å². The van der Waals surface area contributed by atoms with Crippen LogP contribution in [0.25, 0.3) is 0 Å². The molecule has 1 unspecified atom stereocenters. The zero-order valence-corrected chi connectivity index (χ0v) is 14.2. The second-order valence-electron chi connectivity index (χ2n) is 5.09. The minimum absolute atomic E-state index is 0.0847. The quantitative estimate of drug-likeness (QED) is 0.621. The molecule has 0 saturated carbocycles. The number of hydrogen-bond donors (Lipinski definition) is 0. The van der Waals surface area contributed by atoms with Gasteiger partial charge in [-0.25, -0.2) is 0 Å². The van der Waals surface area contributed by atoms with E-state index >= 15 is 0 Å². The summed E-state index contributed by atoms with van der Waals surface area (Å²) in [5, 5.41) is 9.18. The molecule has 1 aromatic rings. The number of carbonyl (C=O) groups is 1. The first kappa shape index (κ1) is 18.8. The summed E-state index contributed by atoms with van der Waals surface area (Å²) in [7, 11) is 0. The van der Waals surface area contributed by atoms with Crippen molar-refractivity contribution in [2.45, 2.75) is 33.6 Å². The van der Waals surface area contributed by atoms with Crippen LogP contribution in [-0.4, -0.2) is 37.1 Å². The van der Waals surface area contributed by atoms with Crippen molar-refractivity contribution in [3.63, 3.8) is 0 Å². The predicted molar refractivity (Wildman–Crippen MR) is 89.4 cm³/mol. The number of nitriles is 1. The molecule has 0 aliphatic heterocycles. The maximum Gasteiger partial charge on any atom is 0.239 e. The number of hydrogen-bond acceptors (Lipinski definition) is 4. The molecule has 0 saturated heterocycles. The number of amides is 1. The predicted octanol–water partition coefficient (Wildman–Crippen LogP) is 3.25. The van der Waals surface area contributed by atoms with Crippen molar-refractivity contribution in [2.24, 2.45) is 5.92 Å². The van der Waals surface area contributed by atoms with Crippen LogP contribution in [0.4, 0.5) is 0 Å². The third-order valence-corrected chi connectivity index (χ3v) is 3.57. The van der Waals surface area contributed by atoms with Crippen molar-refractivity contribution in [1.82, 2.24) is 4.90 Å². The first-order valence-corrected chi connectivity index (χ1v) is 8.20. The smallest absolute Gasteiger partial charge is 0.239 e. The number of benzene rings is 1. The van der Waals surface area contributed by atoms with Crippen molar-refractivity contribution in [3.8, 4) is 17.6 Å². The Morgan fingerprint density at radius 1 is 1.13 bits per heavy atom. The van der Waals surface area contributed by atoms with Crippen LogP contribution in [0.1, 0.15) is 33.6 Å². The van der Waals surface area contributed by atoms with E-state index in [-0.39, 0.29) is 5.91 Å². The molecule has 5 heteroatoms. The SMILES string of the molecule is CCOc1ccc(OCCCC(C#N)C(=O)N(CC)CC)cc1. The van der Waals surface area contributed by atoms with E-state index in [2.05, 4.69) is 6.07 Å². The molecule has 0 heterocycles. The molecule has 0 bridgehead atoms. The minimum Gasteiger partial charge on any atom is -0.494 e. The van der Waals surface area contributed by atoms with Crippen LogP contribution in [0, 0.1) is 17.2 Å². The highest BCUT2D eigenvalue weighted by molar-refractivity contribution is 5.81. The Morgan fingerprint density at radius 2 is 1.70 bits per heavy atom. The largest absolute Gasteiger partial charge is 0.494 e. The van der Waals surface area contributed by atoms with Gasteiger partial charge >= 0.3 is 0 Å². The fraction of sp³-hybridized carbons (Fsp3) is 0.556. The van der Waals surface area contributed by atoms with Gasteiger partial charge in [-0.1, -0.05) is 0 Å². The summed E-state index contributed by atoms with van der Waals surface area (Å²) < 4.78 is 11.0. The molecule has 1 atom stereocenters. The summed E-state index contributed by atoms with van der Waals surface area (Å²) >= 11 is 0. The number of carbonyl (C=O) groups excluding carboxylic acids is 1. The fourth-order valence-corrected chi connectivity index (χ4v) is 2.28. The van der Waals surface area contributed by atoms with Gasteiger partial charge in [-0.2, -0.15) is 5.26 Å². The molecule has 0 spiro atoms. The molecular weight excluding hydrogens is 292 g/mol. The third kappa shape index (κ3) is 6.19. The number of ether oxygens (including phenoxy) is 2. The Morgan fingerprint density at radius 3 is 2.17 bits per heavy atom. The standard InChI is InChI=1S/C18H26N2O3/c1-4-20(5-2)18(21)15(14-19)8-7-13-23-17-11-9-16(10-12-17)22-6-3/h9-12,15H,4-8,13H2,1-3H3. The highest BCUT2D eigenvalue weighted by atomic mass is 16.5. The zero-order chi connectivity index (χ0) is 17.1. The molecule has 5 nitrogen and oxygen atoms in total. The van der Waals surface area contributed by atoms with Crippen molar-refractivity contribution >= 4 is 5.91 Å². The molecule has 1 rings (SSSR count). The number of nitrogens with zero attached hydrogens (tertiary/aromatic N) is 2. The van der Waals surface area contributed by atoms with Crippen LogP contribution in [0.5, 0.6) is 11.5 Å². The topological polar surface area (TPSA) is 62.6 Å². The van der Waals surface area contributed by atoms with Gasteiger partial charge < -0.3 is 14.4 Å². The summed E-state index contributed by atoms with van der Waals surface area (Å²) in [4.78, 5) is 13.8. The monoisotopic (exact) mass is 318 g/mol. The van der Waals surface area contributed by atoms with E-state index in [1.165, 1.54) is 0 Å². The van der Waals surface area contributed by atoms with Crippen LogP contribution in [0.3, 0.4) is 0 Å². The molecule has 0 radical (unpaired) electrons. The Kier molecular flexibility index (Phi) is 8.59. The van der Waals surface area contributed by atoms with E-state index in [9.17, 15) is 10.1 Å². The van der Waals surface area contributed by atoms with Gasteiger partial charge in [0, 0.05) is 13.1 Å². The van der Waals surface area contributed by atoms with Crippen molar-refractivity contribution in [3.05, 3.63) is 24.3 Å². The fourth-order valence-electron chi connectivity index (χ4n) is 2.28. The van der Waals surface area contributed by atoms with Crippen LogP contribution >= 0.6 is 0 Å². The molecule has 0 aromatic heterocycles. The molecular formula is C18H26N2O3. The lowest BCUT2D eigenvalue weighted by Crippen LogP contribution is -2.35. The molecule has 1 amide bonds. The van der Waals surface area contributed by atoms with Gasteiger partial charge in [0.2, 0.25) is 5.91 Å². The second-order valence-corrected chi connectivity index (χ2v) is 5.09. The van der Waals surface area contributed by atoms with Gasteiger partial charge in [-0.3, -0.25) is 4.79 Å². The van der Waals surface area contributed by atoms with Gasteiger partial charge in [0.15, 0.2) is 0 Å². The highest BCUT2D eigenvalue weighted by Gasteiger charge is 2.21. The lowest BCUT2D eigenvalue weighted by atomic mass is 10.0. The molecule has 0 fully saturated rings. The van der Waals surface area contributed by atoms with Gasteiger partial charge in [0.05, 0.1) is 19.3 Å². The van der Waals surface area contributed by atoms with Crippen molar-refractivity contribution in [2.75, 3.05) is 26.3 Å². The summed E-state index contributed by atoms with van der Waals surface area (Å²) in [6.07, 6.45) is 1.18. The Hall–Kier alpha value is -2.22. The minimum atomic E-state index is -0.584. The Bertz CT molecular complexity index is 504. The first-order valence-electron chi connectivity index (χ1n) is 8.20. The average molecular weight is 318 g/mol. The number of rotatable bonds is 10. The highest BCUT2D eigenvalue weighted by Crippen LogP contribution is 2.18. The second kappa shape index (κ2) is 10.5. The summed E-state index contributed by atoms with van der Waals surface area (Å²) in [5.41, 5.74) is 0. The maximum absolute atomic E-state index is 12.1. The molecule has 23 heavy (non-hydrogen) atoms. The lowest BCUT2D eigenvalue weighted by molar-refractivity contribution is -0.133. The van der Waals surface area contributed by atoms with E-state index < -0.39 is 5.92 Å². The van der Waals surface area contributed by atoms with E-state index in [4.69, 9.17) is 9.47 Å². The first-order chi connectivity index (χ1) is 11.2. The Balaban J connectivity index is 2.37. The van der Waals surface area contributed by atoms with Gasteiger partial charge in [-0.05, 0) is 57.9 Å². The molecule has 0 aliphatic rings. The van der Waals surface area contributed by atoms with Crippen LogP contribution < -0.4 is 9.47 Å². The zero-order valence-electron chi connectivity index (χ0n) is 14.2. The van der Waals surface area contributed by atoms with Gasteiger partial charge in [-0.15, -0.1) is 0 Å². The molecule has 0 aliphatic carbocycles. The molecule has 1 aromatic carbocycles. The van der Waals surface area contributed by atoms with E-state index in [0.29, 0.717) is 39.1 Å². The molecule has 126 valence electrons. The van der Waals surface area contributed by atoms with Crippen molar-refractivity contribution < 1.29 is 14.3 Å². The summed E-state index contributed by atoms with van der Waals surface area (Å²) in [5.74, 6) is 0.906. The van der Waals surface area contributed by atoms with Gasteiger partial charge in [0.1, 0.15) is 17.4 Å². The van der Waals surface area contributed by atoms with Crippen molar-refractivity contribution in [1.29, 1.82) is 5.26 Å². The van der Waals surface area contributed by atoms with Crippen LogP contribution in [0.15, 0.2) is 24.3 Å². The Labute approximate surface area is 138 Å². The molecule has 0 N–H and O–H groups in total. The lowest BCUT2D eigenvalue weighted by Gasteiger charge is -2.21. The maximum atomic E-state index is 12.1. The average Bonchev–Trinajstić information content (AvgIpc) is 2.57. The summed E-state index contributed by atoms with van der Waals surface area (Å²) in [6, 6.07) is 9.54. The normalized spacial score (nSPS) is 11.4.